The number of nitrogens with two attached hydrogens (primary N) is 1. The summed E-state index contributed by atoms with van der Waals surface area (Å²) >= 11 is 1.07. The first kappa shape index (κ1) is 16.0. The summed E-state index contributed by atoms with van der Waals surface area (Å²) < 4.78 is 0.904. The Morgan fingerprint density at radius 3 is 2.73 bits per heavy atom. The van der Waals surface area contributed by atoms with Gasteiger partial charge in [-0.05, 0) is 19.4 Å². The van der Waals surface area contributed by atoms with E-state index in [2.05, 4.69) is 15.5 Å². The van der Waals surface area contributed by atoms with Gasteiger partial charge in [0.15, 0.2) is 0 Å². The third-order valence-corrected chi connectivity index (χ3v) is 3.97. The van der Waals surface area contributed by atoms with Crippen LogP contribution in [0.25, 0.3) is 0 Å². The van der Waals surface area contributed by atoms with Gasteiger partial charge in [-0.2, -0.15) is 4.68 Å². The van der Waals surface area contributed by atoms with E-state index in [1.807, 2.05) is 37.3 Å². The molecule has 22 heavy (non-hydrogen) atoms. The molecule has 0 aliphatic heterocycles. The average Bonchev–Trinajstić information content (AvgIpc) is 2.53. The molecule has 0 saturated heterocycles. The molecule has 3 N–H and O–H groups in total. The van der Waals surface area contributed by atoms with Gasteiger partial charge in [-0.3, -0.25) is 9.59 Å². The van der Waals surface area contributed by atoms with Crippen molar-refractivity contribution < 1.29 is 4.79 Å². The Hall–Kier alpha value is -2.35. The fourth-order valence-electron chi connectivity index (χ4n) is 1.81. The zero-order chi connectivity index (χ0) is 16.1. The summed E-state index contributed by atoms with van der Waals surface area (Å²) in [6.07, 6.45) is 0. The quantitative estimate of drug-likeness (QED) is 0.619. The van der Waals surface area contributed by atoms with E-state index in [4.69, 9.17) is 5.84 Å². The minimum absolute atomic E-state index is 0.0986. The smallest absolute Gasteiger partial charge is 0.294 e. The Labute approximate surface area is 131 Å². The number of nitrogens with one attached hydrogen (secondary N) is 1. The first-order valence-corrected chi connectivity index (χ1v) is 7.66. The van der Waals surface area contributed by atoms with Crippen molar-refractivity contribution in [3.8, 4) is 0 Å². The molecule has 2 rings (SSSR count). The minimum atomic E-state index is -0.421. The van der Waals surface area contributed by atoms with E-state index in [1.54, 1.807) is 0 Å². The Balaban J connectivity index is 1.94. The third kappa shape index (κ3) is 3.85. The maximum atomic E-state index is 12.0. The fourth-order valence-corrected chi connectivity index (χ4v) is 2.47. The van der Waals surface area contributed by atoms with Crippen molar-refractivity contribution in [3.63, 3.8) is 0 Å². The molecule has 1 heterocycles. The molecule has 0 aliphatic rings. The van der Waals surface area contributed by atoms with Crippen LogP contribution in [0, 0.1) is 6.92 Å². The highest BCUT2D eigenvalue weighted by Crippen LogP contribution is 2.14. The number of hydrogen-bond acceptors (Lipinski definition) is 6. The van der Waals surface area contributed by atoms with Gasteiger partial charge in [-0.25, -0.2) is 0 Å². The molecule has 8 heteroatoms. The van der Waals surface area contributed by atoms with E-state index in [1.165, 1.54) is 6.92 Å². The molecule has 1 aromatic heterocycles. The normalized spacial score (nSPS) is 11.9. The van der Waals surface area contributed by atoms with Crippen molar-refractivity contribution >= 4 is 17.7 Å². The number of rotatable bonds is 5. The highest BCUT2D eigenvalue weighted by Gasteiger charge is 2.12. The molecule has 116 valence electrons. The van der Waals surface area contributed by atoms with E-state index in [-0.39, 0.29) is 28.6 Å². The molecule has 1 atom stereocenters. The van der Waals surface area contributed by atoms with Crippen molar-refractivity contribution in [1.82, 2.24) is 20.2 Å². The van der Waals surface area contributed by atoms with Crippen LogP contribution in [-0.4, -0.2) is 26.5 Å². The van der Waals surface area contributed by atoms with Crippen molar-refractivity contribution in [3.05, 3.63) is 51.9 Å². The first-order chi connectivity index (χ1) is 10.5. The molecule has 1 amide bonds. The number of hydrogen-bond donors (Lipinski definition) is 2. The molecule has 0 bridgehead atoms. The van der Waals surface area contributed by atoms with Crippen LogP contribution in [0.3, 0.4) is 0 Å². The van der Waals surface area contributed by atoms with Gasteiger partial charge in [-0.15, -0.1) is 10.2 Å². The summed E-state index contributed by atoms with van der Waals surface area (Å²) in [6, 6.07) is 9.55. The molecular formula is C14H17N5O2S. The molecule has 7 nitrogen and oxygen atoms in total. The molecular weight excluding hydrogens is 302 g/mol. The second-order valence-electron chi connectivity index (χ2n) is 4.73. The summed E-state index contributed by atoms with van der Waals surface area (Å²) in [7, 11) is 0. The minimum Gasteiger partial charge on any atom is -0.349 e. The van der Waals surface area contributed by atoms with E-state index < -0.39 is 5.56 Å². The SMILES string of the molecule is Cc1nnc(SCC(=O)NC(C)c2ccccc2)n(N)c1=O. The van der Waals surface area contributed by atoms with Gasteiger partial charge in [0.2, 0.25) is 11.1 Å². The predicted molar refractivity (Wildman–Crippen MR) is 84.9 cm³/mol. The largest absolute Gasteiger partial charge is 0.349 e. The zero-order valence-corrected chi connectivity index (χ0v) is 13.1. The van der Waals surface area contributed by atoms with Gasteiger partial charge in [0, 0.05) is 0 Å². The highest BCUT2D eigenvalue weighted by molar-refractivity contribution is 7.99. The maximum absolute atomic E-state index is 12.0. The Morgan fingerprint density at radius 1 is 1.36 bits per heavy atom. The van der Waals surface area contributed by atoms with Crippen LogP contribution < -0.4 is 16.7 Å². The number of carbonyl (C=O) groups is 1. The monoisotopic (exact) mass is 319 g/mol. The first-order valence-electron chi connectivity index (χ1n) is 6.67. The lowest BCUT2D eigenvalue weighted by molar-refractivity contribution is -0.119. The Kier molecular flexibility index (Phi) is 5.16. The van der Waals surface area contributed by atoms with Crippen LogP contribution >= 0.6 is 11.8 Å². The van der Waals surface area contributed by atoms with Crippen LogP contribution in [0.4, 0.5) is 0 Å². The third-order valence-electron chi connectivity index (χ3n) is 3.03. The summed E-state index contributed by atoms with van der Waals surface area (Å²) in [5.74, 6) is 5.54. The molecule has 0 saturated carbocycles. The number of carbonyl (C=O) groups excluding carboxylic acids is 1. The van der Waals surface area contributed by atoms with Crippen molar-refractivity contribution in [1.29, 1.82) is 0 Å². The summed E-state index contributed by atoms with van der Waals surface area (Å²) in [4.78, 5) is 23.6. The summed E-state index contributed by atoms with van der Waals surface area (Å²) in [6.45, 7) is 3.43. The van der Waals surface area contributed by atoms with Crippen molar-refractivity contribution in [2.75, 3.05) is 11.6 Å². The number of aryl methyl sites for hydroxylation is 1. The van der Waals surface area contributed by atoms with Gasteiger partial charge in [0.25, 0.3) is 5.56 Å². The predicted octanol–water partition coefficient (Wildman–Crippen LogP) is 0.630. The lowest BCUT2D eigenvalue weighted by Gasteiger charge is -2.14. The molecule has 1 unspecified atom stereocenters. The van der Waals surface area contributed by atoms with Gasteiger partial charge in [0.05, 0.1) is 11.8 Å². The van der Waals surface area contributed by atoms with E-state index in [9.17, 15) is 9.59 Å². The number of nitrogens with zero attached hydrogens (tertiary/aromatic N) is 3. The second-order valence-corrected chi connectivity index (χ2v) is 5.67. The van der Waals surface area contributed by atoms with Gasteiger partial charge >= 0.3 is 0 Å². The second kappa shape index (κ2) is 7.08. The summed E-state index contributed by atoms with van der Waals surface area (Å²) in [5, 5.41) is 10.6. The molecule has 0 radical (unpaired) electrons. The average molecular weight is 319 g/mol. The molecule has 1 aromatic carbocycles. The number of nitrogen functional groups attached to an aromatic ring is 1. The number of aromatic nitrogens is 3. The van der Waals surface area contributed by atoms with Crippen molar-refractivity contribution in [2.24, 2.45) is 0 Å². The standard InChI is InChI=1S/C14H17N5O2S/c1-9(11-6-4-3-5-7-11)16-12(20)8-22-14-18-17-10(2)13(21)19(14)15/h3-7,9H,8,15H2,1-2H3,(H,16,20). The lowest BCUT2D eigenvalue weighted by atomic mass is 10.1. The van der Waals surface area contributed by atoms with Crippen LogP contribution in [0.15, 0.2) is 40.3 Å². The topological polar surface area (TPSA) is 103 Å². The van der Waals surface area contributed by atoms with Crippen LogP contribution in [0.1, 0.15) is 24.2 Å². The molecule has 2 aromatic rings. The lowest BCUT2D eigenvalue weighted by Crippen LogP contribution is -2.33. The van der Waals surface area contributed by atoms with Crippen LogP contribution in [0.5, 0.6) is 0 Å². The number of amides is 1. The Bertz CT molecular complexity index is 717. The fraction of sp³-hybridized carbons (Fsp3) is 0.286. The number of thioether (sulfide) groups is 1. The highest BCUT2D eigenvalue weighted by atomic mass is 32.2. The van der Waals surface area contributed by atoms with Gasteiger partial charge in [-0.1, -0.05) is 42.1 Å². The molecule has 0 fully saturated rings. The number of benzene rings is 1. The maximum Gasteiger partial charge on any atom is 0.294 e. The Morgan fingerprint density at radius 2 is 2.05 bits per heavy atom. The van der Waals surface area contributed by atoms with E-state index >= 15 is 0 Å². The zero-order valence-electron chi connectivity index (χ0n) is 12.3. The van der Waals surface area contributed by atoms with E-state index in [0.717, 1.165) is 22.0 Å². The summed E-state index contributed by atoms with van der Waals surface area (Å²) in [5.41, 5.74) is 0.816. The molecule has 0 spiro atoms. The van der Waals surface area contributed by atoms with Gasteiger partial charge < -0.3 is 11.2 Å². The van der Waals surface area contributed by atoms with Gasteiger partial charge in [0.1, 0.15) is 5.69 Å². The molecule has 0 aliphatic carbocycles. The van der Waals surface area contributed by atoms with Crippen LogP contribution in [0.2, 0.25) is 0 Å². The van der Waals surface area contributed by atoms with Crippen molar-refractivity contribution in [2.45, 2.75) is 25.0 Å². The van der Waals surface area contributed by atoms with E-state index in [0.29, 0.717) is 0 Å². The van der Waals surface area contributed by atoms with Crippen LogP contribution in [-0.2, 0) is 4.79 Å².